The molecule has 1 saturated heterocycles. The quantitative estimate of drug-likeness (QED) is 0.819. The molecule has 5 rings (SSSR count). The Morgan fingerprint density at radius 3 is 3.04 bits per heavy atom. The first-order valence-corrected chi connectivity index (χ1v) is 9.67. The first kappa shape index (κ1) is 17.2. The van der Waals surface area contributed by atoms with Gasteiger partial charge in [-0.3, -0.25) is 4.79 Å². The Morgan fingerprint density at radius 2 is 2.14 bits per heavy atom. The summed E-state index contributed by atoms with van der Waals surface area (Å²) in [6.07, 6.45) is 2.53. The van der Waals surface area contributed by atoms with Crippen LogP contribution in [0.3, 0.4) is 0 Å². The van der Waals surface area contributed by atoms with Crippen molar-refractivity contribution in [1.29, 1.82) is 0 Å². The molecule has 0 spiro atoms. The monoisotopic (exact) mass is 382 g/mol. The molecule has 8 heteroatoms. The van der Waals surface area contributed by atoms with Crippen molar-refractivity contribution in [3.8, 4) is 11.5 Å². The molecule has 0 aliphatic carbocycles. The van der Waals surface area contributed by atoms with Crippen LogP contribution in [0, 0.1) is 0 Å². The number of carbonyl (C=O) groups is 1. The number of aliphatic hydroxyl groups excluding tert-OH is 1. The molecule has 1 fully saturated rings. The number of hydrogen-bond acceptors (Lipinski definition) is 7. The van der Waals surface area contributed by atoms with Gasteiger partial charge in [-0.1, -0.05) is 6.07 Å². The molecule has 28 heavy (non-hydrogen) atoms. The largest absolute Gasteiger partial charge is 0.454 e. The molecule has 8 nitrogen and oxygen atoms in total. The van der Waals surface area contributed by atoms with E-state index in [1.165, 1.54) is 0 Å². The van der Waals surface area contributed by atoms with Crippen LogP contribution in [0.15, 0.2) is 18.2 Å². The first-order chi connectivity index (χ1) is 13.7. The lowest BCUT2D eigenvalue weighted by atomic mass is 10.0. The van der Waals surface area contributed by atoms with Crippen molar-refractivity contribution in [3.63, 3.8) is 0 Å². The second kappa shape index (κ2) is 6.94. The van der Waals surface area contributed by atoms with Gasteiger partial charge in [-0.15, -0.1) is 0 Å². The smallest absolute Gasteiger partial charge is 0.270 e. The number of hydrogen-bond donors (Lipinski definition) is 2. The zero-order valence-electron chi connectivity index (χ0n) is 15.5. The van der Waals surface area contributed by atoms with E-state index in [0.29, 0.717) is 43.2 Å². The van der Waals surface area contributed by atoms with Gasteiger partial charge in [0.25, 0.3) is 5.91 Å². The number of nitrogens with one attached hydrogen (secondary N) is 1. The van der Waals surface area contributed by atoms with Gasteiger partial charge in [-0.05, 0) is 37.0 Å². The summed E-state index contributed by atoms with van der Waals surface area (Å²) in [5.41, 5.74) is 2.32. The predicted molar refractivity (Wildman–Crippen MR) is 101 cm³/mol. The lowest BCUT2D eigenvalue weighted by Crippen LogP contribution is -2.41. The van der Waals surface area contributed by atoms with Crippen LogP contribution in [-0.4, -0.2) is 53.5 Å². The van der Waals surface area contributed by atoms with Gasteiger partial charge in [0.05, 0.1) is 6.10 Å². The number of nitrogens with zero attached hydrogens (tertiary/aromatic N) is 3. The molecular weight excluding hydrogens is 360 g/mol. The highest BCUT2D eigenvalue weighted by molar-refractivity contribution is 5.96. The van der Waals surface area contributed by atoms with Crippen molar-refractivity contribution in [1.82, 2.24) is 15.3 Å². The van der Waals surface area contributed by atoms with E-state index >= 15 is 0 Å². The lowest BCUT2D eigenvalue weighted by Gasteiger charge is -2.33. The Kier molecular flexibility index (Phi) is 4.27. The molecule has 146 valence electrons. The fourth-order valence-corrected chi connectivity index (χ4v) is 4.04. The molecule has 1 amide bonds. The number of ether oxygens (including phenoxy) is 2. The third-order valence-corrected chi connectivity index (χ3v) is 5.40. The van der Waals surface area contributed by atoms with Gasteiger partial charge in [-0.2, -0.15) is 0 Å². The molecule has 2 N–H and O–H groups in total. The molecule has 1 unspecified atom stereocenters. The summed E-state index contributed by atoms with van der Waals surface area (Å²) in [5.74, 6) is 2.67. The molecule has 3 aliphatic heterocycles. The first-order valence-electron chi connectivity index (χ1n) is 9.67. The average molecular weight is 382 g/mol. The SMILES string of the molecule is O=C1NCCc2c1nc(Cc1ccc3c(c1)OCO3)nc2N1CCCC(O)C1. The summed E-state index contributed by atoms with van der Waals surface area (Å²) in [6.45, 7) is 2.18. The van der Waals surface area contributed by atoms with Crippen molar-refractivity contribution in [2.45, 2.75) is 31.8 Å². The van der Waals surface area contributed by atoms with E-state index in [1.54, 1.807) is 0 Å². The van der Waals surface area contributed by atoms with Crippen LogP contribution in [0.4, 0.5) is 5.82 Å². The lowest BCUT2D eigenvalue weighted by molar-refractivity contribution is 0.0940. The van der Waals surface area contributed by atoms with E-state index < -0.39 is 0 Å². The molecule has 1 atom stereocenters. The summed E-state index contributed by atoms with van der Waals surface area (Å²) in [5, 5.41) is 13.0. The molecule has 0 saturated carbocycles. The number of β-amino-alcohol motifs (C(OH)–C–C–N with tert-alkyl or cyclic N) is 1. The Morgan fingerprint density at radius 1 is 1.25 bits per heavy atom. The van der Waals surface area contributed by atoms with Crippen molar-refractivity contribution in [2.24, 2.45) is 0 Å². The van der Waals surface area contributed by atoms with Crippen molar-refractivity contribution >= 4 is 11.7 Å². The number of carbonyl (C=O) groups excluding carboxylic acids is 1. The van der Waals surface area contributed by atoms with E-state index in [1.807, 2.05) is 18.2 Å². The zero-order chi connectivity index (χ0) is 19.1. The minimum Gasteiger partial charge on any atom is -0.454 e. The van der Waals surface area contributed by atoms with Gasteiger partial charge in [0.15, 0.2) is 11.5 Å². The van der Waals surface area contributed by atoms with Gasteiger partial charge < -0.3 is 24.8 Å². The highest BCUT2D eigenvalue weighted by atomic mass is 16.7. The number of rotatable bonds is 3. The van der Waals surface area contributed by atoms with Crippen molar-refractivity contribution in [3.05, 3.63) is 40.8 Å². The van der Waals surface area contributed by atoms with E-state index in [0.717, 1.165) is 42.1 Å². The van der Waals surface area contributed by atoms with Crippen LogP contribution >= 0.6 is 0 Å². The molecule has 3 aliphatic rings. The molecule has 1 aromatic heterocycles. The summed E-state index contributed by atoms with van der Waals surface area (Å²) >= 11 is 0. The van der Waals surface area contributed by atoms with Gasteiger partial charge in [0.2, 0.25) is 6.79 Å². The molecule has 1 aromatic carbocycles. The summed E-state index contributed by atoms with van der Waals surface area (Å²) in [4.78, 5) is 23.9. The fourth-order valence-electron chi connectivity index (χ4n) is 4.04. The van der Waals surface area contributed by atoms with E-state index in [-0.39, 0.29) is 18.8 Å². The van der Waals surface area contributed by atoms with Gasteiger partial charge in [0.1, 0.15) is 17.3 Å². The number of aliphatic hydroxyl groups is 1. The number of fused-ring (bicyclic) bond motifs is 2. The molecular formula is C20H22N4O4. The van der Waals surface area contributed by atoms with Crippen LogP contribution in [0.25, 0.3) is 0 Å². The van der Waals surface area contributed by atoms with Crippen molar-refractivity contribution < 1.29 is 19.4 Å². The topological polar surface area (TPSA) is 96.8 Å². The number of benzene rings is 1. The van der Waals surface area contributed by atoms with Crippen LogP contribution in [0.1, 0.15) is 40.3 Å². The minimum atomic E-state index is -0.367. The highest BCUT2D eigenvalue weighted by Gasteiger charge is 2.28. The molecule has 0 radical (unpaired) electrons. The van der Waals surface area contributed by atoms with Gasteiger partial charge in [-0.25, -0.2) is 9.97 Å². The Balaban J connectivity index is 1.52. The molecule has 0 bridgehead atoms. The number of anilines is 1. The van der Waals surface area contributed by atoms with Gasteiger partial charge >= 0.3 is 0 Å². The number of amides is 1. The third-order valence-electron chi connectivity index (χ3n) is 5.40. The average Bonchev–Trinajstić information content (AvgIpc) is 3.16. The van der Waals surface area contributed by atoms with Crippen LogP contribution in [0.5, 0.6) is 11.5 Å². The maximum Gasteiger partial charge on any atom is 0.270 e. The van der Waals surface area contributed by atoms with Crippen LogP contribution in [-0.2, 0) is 12.8 Å². The number of piperidine rings is 1. The minimum absolute atomic E-state index is 0.158. The van der Waals surface area contributed by atoms with Crippen LogP contribution < -0.4 is 19.7 Å². The maximum atomic E-state index is 12.4. The molecule has 4 heterocycles. The fraction of sp³-hybridized carbons (Fsp3) is 0.450. The highest BCUT2D eigenvalue weighted by Crippen LogP contribution is 2.33. The maximum absolute atomic E-state index is 12.4. The van der Waals surface area contributed by atoms with Crippen LogP contribution in [0.2, 0.25) is 0 Å². The van der Waals surface area contributed by atoms with E-state index in [2.05, 4.69) is 15.2 Å². The van der Waals surface area contributed by atoms with Gasteiger partial charge in [0, 0.05) is 31.6 Å². The van der Waals surface area contributed by atoms with Crippen molar-refractivity contribution in [2.75, 3.05) is 31.3 Å². The summed E-state index contributed by atoms with van der Waals surface area (Å²) < 4.78 is 10.8. The Labute approximate surface area is 162 Å². The zero-order valence-corrected chi connectivity index (χ0v) is 15.5. The van der Waals surface area contributed by atoms with E-state index in [9.17, 15) is 9.90 Å². The summed E-state index contributed by atoms with van der Waals surface area (Å²) in [6, 6.07) is 5.76. The standard InChI is InChI=1S/C20H22N4O4/c25-13-2-1-7-24(10-13)19-14-5-6-21-20(26)18(14)22-17(23-19)9-12-3-4-15-16(8-12)28-11-27-15/h3-4,8,13,25H,1-2,5-7,9-11H2,(H,21,26). The second-order valence-electron chi connectivity index (χ2n) is 7.40. The third kappa shape index (κ3) is 3.13. The number of aromatic nitrogens is 2. The Bertz CT molecular complexity index is 933. The predicted octanol–water partition coefficient (Wildman–Crippen LogP) is 1.04. The Hall–Kier alpha value is -2.87. The second-order valence-corrected chi connectivity index (χ2v) is 7.40. The summed E-state index contributed by atoms with van der Waals surface area (Å²) in [7, 11) is 0. The van der Waals surface area contributed by atoms with E-state index in [4.69, 9.17) is 14.5 Å². The normalized spacial score (nSPS) is 20.7. The molecule has 2 aromatic rings.